The number of hydrogen-bond acceptors (Lipinski definition) is 8. The Morgan fingerprint density at radius 1 is 1.30 bits per heavy atom. The van der Waals surface area contributed by atoms with Crippen molar-refractivity contribution in [1.29, 1.82) is 0 Å². The van der Waals surface area contributed by atoms with Crippen molar-refractivity contribution in [3.63, 3.8) is 0 Å². The molecular weight excluding hydrogens is 424 g/mol. The van der Waals surface area contributed by atoms with Crippen molar-refractivity contribution < 1.29 is 14.3 Å². The third kappa shape index (κ3) is 4.95. The van der Waals surface area contributed by atoms with Gasteiger partial charge < -0.3 is 24.6 Å². The van der Waals surface area contributed by atoms with Crippen LogP contribution >= 0.6 is 0 Å². The molecule has 10 heteroatoms. The fraction of sp³-hybridized carbons (Fsp3) is 0.565. The quantitative estimate of drug-likeness (QED) is 0.673. The standard InChI is InChI=1S/C23H34N6O4/c1-8-16-20(25-17-12-29(23(31)32-7)13-18(17)33-9-2)22(30)28(6)21(26-16)15-11-24-19(27(4)5)10-14(15)3/h10-11,17-18,25H,8-9,12-13H2,1-7H3/t17-,18+/m1/s1. The highest BCUT2D eigenvalue weighted by Crippen LogP contribution is 2.25. The SMILES string of the molecule is CCO[C@H]1CN(C(=O)OC)C[C@H]1Nc1c(CC)nc(-c2cnc(N(C)C)cc2C)n(C)c1=O. The van der Waals surface area contributed by atoms with Crippen LogP contribution in [-0.4, -0.2) is 78.6 Å². The Balaban J connectivity index is 1.99. The number of pyridine rings is 1. The number of amides is 1. The number of hydrogen-bond donors (Lipinski definition) is 1. The van der Waals surface area contributed by atoms with Crippen molar-refractivity contribution >= 4 is 17.6 Å². The zero-order valence-electron chi connectivity index (χ0n) is 20.5. The smallest absolute Gasteiger partial charge is 0.409 e. The highest BCUT2D eigenvalue weighted by molar-refractivity contribution is 5.68. The van der Waals surface area contributed by atoms with E-state index in [2.05, 4.69) is 10.3 Å². The largest absolute Gasteiger partial charge is 0.453 e. The lowest BCUT2D eigenvalue weighted by Gasteiger charge is -2.23. The summed E-state index contributed by atoms with van der Waals surface area (Å²) in [5.41, 5.74) is 2.71. The highest BCUT2D eigenvalue weighted by Gasteiger charge is 2.37. The Morgan fingerprint density at radius 2 is 2.03 bits per heavy atom. The predicted molar refractivity (Wildman–Crippen MR) is 128 cm³/mol. The average Bonchev–Trinajstić information content (AvgIpc) is 3.19. The van der Waals surface area contributed by atoms with E-state index in [1.807, 2.05) is 45.8 Å². The van der Waals surface area contributed by atoms with Gasteiger partial charge in [-0.2, -0.15) is 0 Å². The van der Waals surface area contributed by atoms with E-state index in [1.54, 1.807) is 22.7 Å². The minimum absolute atomic E-state index is 0.181. The van der Waals surface area contributed by atoms with Gasteiger partial charge in [-0.3, -0.25) is 9.36 Å². The first-order chi connectivity index (χ1) is 15.7. The van der Waals surface area contributed by atoms with Crippen molar-refractivity contribution in [3.05, 3.63) is 33.9 Å². The number of anilines is 2. The molecule has 1 aliphatic rings. The maximum atomic E-state index is 13.4. The average molecular weight is 459 g/mol. The normalized spacial score (nSPS) is 17.8. The number of nitrogens with one attached hydrogen (secondary N) is 1. The van der Waals surface area contributed by atoms with Gasteiger partial charge in [-0.05, 0) is 31.9 Å². The zero-order chi connectivity index (χ0) is 24.3. The van der Waals surface area contributed by atoms with Gasteiger partial charge in [0, 0.05) is 46.1 Å². The summed E-state index contributed by atoms with van der Waals surface area (Å²) in [5.74, 6) is 1.41. The van der Waals surface area contributed by atoms with Gasteiger partial charge in [0.2, 0.25) is 0 Å². The van der Waals surface area contributed by atoms with E-state index in [9.17, 15) is 9.59 Å². The molecule has 1 N–H and O–H groups in total. The van der Waals surface area contributed by atoms with Gasteiger partial charge in [0.25, 0.3) is 5.56 Å². The van der Waals surface area contributed by atoms with Crippen LogP contribution in [0.3, 0.4) is 0 Å². The Bertz CT molecular complexity index is 1070. The Morgan fingerprint density at radius 3 is 2.61 bits per heavy atom. The second-order valence-corrected chi connectivity index (χ2v) is 8.35. The fourth-order valence-corrected chi connectivity index (χ4v) is 4.07. The number of methoxy groups -OCH3 is 1. The van der Waals surface area contributed by atoms with E-state index < -0.39 is 6.09 Å². The van der Waals surface area contributed by atoms with E-state index in [4.69, 9.17) is 14.5 Å². The van der Waals surface area contributed by atoms with Crippen LogP contribution in [0.1, 0.15) is 25.1 Å². The van der Waals surface area contributed by atoms with Crippen LogP contribution in [0, 0.1) is 6.92 Å². The Hall–Kier alpha value is -3.14. The van der Waals surface area contributed by atoms with E-state index in [0.717, 1.165) is 16.9 Å². The molecule has 180 valence electrons. The number of rotatable bonds is 7. The molecule has 33 heavy (non-hydrogen) atoms. The molecule has 0 radical (unpaired) electrons. The molecule has 3 rings (SSSR count). The van der Waals surface area contributed by atoms with Gasteiger partial charge in [0.05, 0.1) is 31.5 Å². The second kappa shape index (κ2) is 10.2. The van der Waals surface area contributed by atoms with Crippen molar-refractivity contribution in [2.75, 3.05) is 51.1 Å². The van der Waals surface area contributed by atoms with Crippen LogP contribution in [0.4, 0.5) is 16.3 Å². The first-order valence-electron chi connectivity index (χ1n) is 11.2. The number of aryl methyl sites for hydroxylation is 2. The molecule has 0 spiro atoms. The van der Waals surface area contributed by atoms with Gasteiger partial charge in [0.15, 0.2) is 0 Å². The molecule has 1 aliphatic heterocycles. The Kier molecular flexibility index (Phi) is 7.57. The van der Waals surface area contributed by atoms with Crippen molar-refractivity contribution in [3.8, 4) is 11.4 Å². The predicted octanol–water partition coefficient (Wildman–Crippen LogP) is 2.05. The van der Waals surface area contributed by atoms with Gasteiger partial charge >= 0.3 is 6.09 Å². The molecule has 1 fully saturated rings. The lowest BCUT2D eigenvalue weighted by atomic mass is 10.1. The summed E-state index contributed by atoms with van der Waals surface area (Å²) in [4.78, 5) is 38.3. The molecule has 0 unspecified atom stereocenters. The summed E-state index contributed by atoms with van der Waals surface area (Å²) in [6, 6.07) is 1.73. The van der Waals surface area contributed by atoms with Crippen LogP contribution in [-0.2, 0) is 22.9 Å². The van der Waals surface area contributed by atoms with Crippen LogP contribution in [0.2, 0.25) is 0 Å². The highest BCUT2D eigenvalue weighted by atomic mass is 16.5. The molecule has 0 aliphatic carbocycles. The molecule has 0 bridgehead atoms. The molecule has 2 atom stereocenters. The lowest BCUT2D eigenvalue weighted by molar-refractivity contribution is 0.0614. The third-order valence-electron chi connectivity index (χ3n) is 5.91. The monoisotopic (exact) mass is 458 g/mol. The maximum absolute atomic E-state index is 13.4. The van der Waals surface area contributed by atoms with Crippen molar-refractivity contribution in [2.24, 2.45) is 7.05 Å². The van der Waals surface area contributed by atoms with E-state index >= 15 is 0 Å². The van der Waals surface area contributed by atoms with Crippen molar-refractivity contribution in [1.82, 2.24) is 19.4 Å². The fourth-order valence-electron chi connectivity index (χ4n) is 4.07. The topological polar surface area (TPSA) is 102 Å². The van der Waals surface area contributed by atoms with Crippen molar-refractivity contribution in [2.45, 2.75) is 39.3 Å². The minimum Gasteiger partial charge on any atom is -0.453 e. The minimum atomic E-state index is -0.412. The number of carbonyl (C=O) groups is 1. The summed E-state index contributed by atoms with van der Waals surface area (Å²) < 4.78 is 12.2. The summed E-state index contributed by atoms with van der Waals surface area (Å²) >= 11 is 0. The Labute approximate surface area is 194 Å². The number of carbonyl (C=O) groups excluding carboxylic acids is 1. The van der Waals surface area contributed by atoms with Gasteiger partial charge in [-0.15, -0.1) is 0 Å². The van der Waals surface area contributed by atoms with E-state index in [1.165, 1.54) is 7.11 Å². The summed E-state index contributed by atoms with van der Waals surface area (Å²) in [6.07, 6.45) is 1.66. The molecule has 3 heterocycles. The lowest BCUT2D eigenvalue weighted by Crippen LogP contribution is -2.38. The van der Waals surface area contributed by atoms with Crippen LogP contribution < -0.4 is 15.8 Å². The molecule has 1 amide bonds. The first kappa shape index (κ1) is 24.5. The van der Waals surface area contributed by atoms with Gasteiger partial charge in [-0.25, -0.2) is 14.8 Å². The first-order valence-corrected chi connectivity index (χ1v) is 11.2. The number of ether oxygens (including phenoxy) is 2. The van der Waals surface area contributed by atoms with E-state index in [0.29, 0.717) is 43.3 Å². The molecule has 10 nitrogen and oxygen atoms in total. The van der Waals surface area contributed by atoms with Crippen LogP contribution in [0.25, 0.3) is 11.4 Å². The number of likely N-dealkylation sites (tertiary alicyclic amines) is 1. The molecular formula is C23H34N6O4. The van der Waals surface area contributed by atoms with E-state index in [-0.39, 0.29) is 17.7 Å². The molecule has 0 saturated carbocycles. The molecule has 2 aromatic rings. The molecule has 2 aromatic heterocycles. The molecule has 0 aromatic carbocycles. The zero-order valence-corrected chi connectivity index (χ0v) is 20.5. The molecule has 1 saturated heterocycles. The number of nitrogens with zero attached hydrogens (tertiary/aromatic N) is 5. The van der Waals surface area contributed by atoms with Crippen LogP contribution in [0.15, 0.2) is 17.1 Å². The summed E-state index contributed by atoms with van der Waals surface area (Å²) in [7, 11) is 6.94. The maximum Gasteiger partial charge on any atom is 0.409 e. The summed E-state index contributed by atoms with van der Waals surface area (Å²) in [5, 5.41) is 3.34. The summed E-state index contributed by atoms with van der Waals surface area (Å²) in [6.45, 7) is 7.13. The number of aromatic nitrogens is 3. The van der Waals surface area contributed by atoms with Gasteiger partial charge in [0.1, 0.15) is 17.3 Å². The van der Waals surface area contributed by atoms with Gasteiger partial charge in [-0.1, -0.05) is 6.92 Å². The second-order valence-electron chi connectivity index (χ2n) is 8.35. The third-order valence-corrected chi connectivity index (χ3v) is 5.91. The van der Waals surface area contributed by atoms with Crippen LogP contribution in [0.5, 0.6) is 0 Å².